The number of hydrogen-bond donors (Lipinski definition) is 1. The van der Waals surface area contributed by atoms with Crippen LogP contribution in [-0.4, -0.2) is 32.6 Å². The quantitative estimate of drug-likeness (QED) is 0.706. The summed E-state index contributed by atoms with van der Waals surface area (Å²) in [6, 6.07) is 9.56. The molecule has 3 heterocycles. The summed E-state index contributed by atoms with van der Waals surface area (Å²) < 4.78 is 19.1. The number of oxazole rings is 1. The van der Waals surface area contributed by atoms with Crippen LogP contribution < -0.4 is 0 Å². The Morgan fingerprint density at radius 1 is 1.18 bits per heavy atom. The van der Waals surface area contributed by atoms with Gasteiger partial charge in [0.2, 0.25) is 0 Å². The third kappa shape index (κ3) is 3.60. The summed E-state index contributed by atoms with van der Waals surface area (Å²) in [6.45, 7) is 2.29. The first-order chi connectivity index (χ1) is 13.5. The summed E-state index contributed by atoms with van der Waals surface area (Å²) in [5.74, 6) is 0.842. The Morgan fingerprint density at radius 3 is 2.64 bits per heavy atom. The van der Waals surface area contributed by atoms with Gasteiger partial charge < -0.3 is 14.4 Å². The molecule has 0 bridgehead atoms. The molecule has 4 rings (SSSR count). The number of rotatable bonds is 3. The Kier molecular flexibility index (Phi) is 4.81. The van der Waals surface area contributed by atoms with Crippen molar-refractivity contribution in [2.75, 3.05) is 6.54 Å². The maximum Gasteiger partial charge on any atom is 0.407 e. The van der Waals surface area contributed by atoms with Gasteiger partial charge in [0.05, 0.1) is 12.2 Å². The van der Waals surface area contributed by atoms with E-state index in [1.165, 1.54) is 17.0 Å². The summed E-state index contributed by atoms with van der Waals surface area (Å²) in [5.41, 5.74) is 2.50. The van der Waals surface area contributed by atoms with Crippen LogP contribution in [0.25, 0.3) is 11.3 Å². The summed E-state index contributed by atoms with van der Waals surface area (Å²) in [4.78, 5) is 21.9. The van der Waals surface area contributed by atoms with Gasteiger partial charge in [0.25, 0.3) is 0 Å². The van der Waals surface area contributed by atoms with Crippen molar-refractivity contribution >= 4 is 6.09 Å². The zero-order valence-electron chi connectivity index (χ0n) is 15.4. The molecule has 1 saturated heterocycles. The lowest BCUT2D eigenvalue weighted by Gasteiger charge is -2.36. The number of piperidine rings is 1. The SMILES string of the molecule is Cc1ccc(C2CC(c3ncc(-c4ccc(F)cc4)o3)CCN2C(=O)O)cn1. The van der Waals surface area contributed by atoms with Crippen molar-refractivity contribution in [1.29, 1.82) is 0 Å². The monoisotopic (exact) mass is 381 g/mol. The van der Waals surface area contributed by atoms with Crippen LogP contribution in [0.4, 0.5) is 9.18 Å². The minimum atomic E-state index is -0.941. The maximum absolute atomic E-state index is 13.1. The number of benzene rings is 1. The molecule has 144 valence electrons. The minimum Gasteiger partial charge on any atom is -0.465 e. The van der Waals surface area contributed by atoms with Crippen molar-refractivity contribution in [2.45, 2.75) is 31.7 Å². The van der Waals surface area contributed by atoms with Crippen molar-refractivity contribution in [3.05, 3.63) is 71.8 Å². The van der Waals surface area contributed by atoms with Crippen LogP contribution in [-0.2, 0) is 0 Å². The lowest BCUT2D eigenvalue weighted by molar-refractivity contribution is 0.0970. The zero-order valence-corrected chi connectivity index (χ0v) is 15.4. The number of aryl methyl sites for hydroxylation is 1. The number of halogens is 1. The molecule has 0 spiro atoms. The topological polar surface area (TPSA) is 79.5 Å². The predicted molar refractivity (Wildman–Crippen MR) is 100 cm³/mol. The molecular formula is C21H20FN3O3. The molecule has 1 fully saturated rings. The largest absolute Gasteiger partial charge is 0.465 e. The molecule has 1 aliphatic heterocycles. The third-order valence-electron chi connectivity index (χ3n) is 5.17. The van der Waals surface area contributed by atoms with E-state index < -0.39 is 6.09 Å². The van der Waals surface area contributed by atoms with E-state index in [-0.39, 0.29) is 17.8 Å². The van der Waals surface area contributed by atoms with Gasteiger partial charge in [0.1, 0.15) is 5.82 Å². The molecule has 7 heteroatoms. The Hall–Kier alpha value is -3.22. The Morgan fingerprint density at radius 2 is 1.96 bits per heavy atom. The van der Waals surface area contributed by atoms with Gasteiger partial charge >= 0.3 is 6.09 Å². The standard InChI is InChI=1S/C21H20FN3O3/c1-13-2-3-16(11-23-13)18-10-15(8-9-25(18)21(26)27)20-24-12-19(28-20)14-4-6-17(22)7-5-14/h2-7,11-12,15,18H,8-10H2,1H3,(H,26,27). The van der Waals surface area contributed by atoms with Crippen LogP contribution in [0.2, 0.25) is 0 Å². The van der Waals surface area contributed by atoms with Crippen LogP contribution in [0, 0.1) is 12.7 Å². The van der Waals surface area contributed by atoms with Gasteiger partial charge in [0, 0.05) is 29.9 Å². The second kappa shape index (κ2) is 7.42. The lowest BCUT2D eigenvalue weighted by atomic mass is 9.87. The number of carboxylic acid groups (broad SMARTS) is 1. The average molecular weight is 381 g/mol. The van der Waals surface area contributed by atoms with Crippen LogP contribution in [0.5, 0.6) is 0 Å². The van der Waals surface area contributed by atoms with E-state index in [0.29, 0.717) is 31.0 Å². The van der Waals surface area contributed by atoms with E-state index in [2.05, 4.69) is 9.97 Å². The molecule has 3 aromatic rings. The highest BCUT2D eigenvalue weighted by Gasteiger charge is 2.35. The number of hydrogen-bond acceptors (Lipinski definition) is 4. The number of likely N-dealkylation sites (tertiary alicyclic amines) is 1. The summed E-state index contributed by atoms with van der Waals surface area (Å²) in [5, 5.41) is 9.59. The Labute approximate surface area is 161 Å². The molecule has 0 radical (unpaired) electrons. The van der Waals surface area contributed by atoms with Gasteiger partial charge in [-0.05, 0) is 55.7 Å². The molecule has 28 heavy (non-hydrogen) atoms. The second-order valence-electron chi connectivity index (χ2n) is 7.02. The fourth-order valence-electron chi connectivity index (χ4n) is 3.63. The predicted octanol–water partition coefficient (Wildman–Crippen LogP) is 4.78. The highest BCUT2D eigenvalue weighted by molar-refractivity contribution is 5.66. The first-order valence-corrected chi connectivity index (χ1v) is 9.15. The molecule has 0 aliphatic carbocycles. The number of pyridine rings is 1. The van der Waals surface area contributed by atoms with Gasteiger partial charge in [-0.2, -0.15) is 0 Å². The normalized spacial score (nSPS) is 19.6. The maximum atomic E-state index is 13.1. The molecule has 1 aromatic carbocycles. The van der Waals surface area contributed by atoms with Gasteiger partial charge in [-0.25, -0.2) is 14.2 Å². The van der Waals surface area contributed by atoms with E-state index >= 15 is 0 Å². The van der Waals surface area contributed by atoms with Gasteiger partial charge in [-0.15, -0.1) is 0 Å². The number of amides is 1. The van der Waals surface area contributed by atoms with Gasteiger partial charge in [0.15, 0.2) is 11.7 Å². The summed E-state index contributed by atoms with van der Waals surface area (Å²) in [6.07, 6.45) is 3.63. The van der Waals surface area contributed by atoms with Gasteiger partial charge in [-0.1, -0.05) is 6.07 Å². The van der Waals surface area contributed by atoms with Crippen molar-refractivity contribution in [3.8, 4) is 11.3 Å². The van der Waals surface area contributed by atoms with Crippen LogP contribution in [0.15, 0.2) is 53.2 Å². The highest BCUT2D eigenvalue weighted by Crippen LogP contribution is 2.39. The highest BCUT2D eigenvalue weighted by atomic mass is 19.1. The van der Waals surface area contributed by atoms with Crippen molar-refractivity contribution < 1.29 is 18.7 Å². The first kappa shape index (κ1) is 18.2. The van der Waals surface area contributed by atoms with Crippen molar-refractivity contribution in [3.63, 3.8) is 0 Å². The molecule has 1 N–H and O–H groups in total. The Bertz CT molecular complexity index is 969. The molecule has 1 amide bonds. The van der Waals surface area contributed by atoms with Gasteiger partial charge in [-0.3, -0.25) is 4.98 Å². The van der Waals surface area contributed by atoms with E-state index in [4.69, 9.17) is 4.42 Å². The molecule has 2 unspecified atom stereocenters. The summed E-state index contributed by atoms with van der Waals surface area (Å²) >= 11 is 0. The zero-order chi connectivity index (χ0) is 19.7. The van der Waals surface area contributed by atoms with Crippen molar-refractivity contribution in [1.82, 2.24) is 14.9 Å². The lowest BCUT2D eigenvalue weighted by Crippen LogP contribution is -2.39. The molecular weight excluding hydrogens is 361 g/mol. The molecule has 2 aromatic heterocycles. The number of nitrogens with zero attached hydrogens (tertiary/aromatic N) is 3. The fourth-order valence-corrected chi connectivity index (χ4v) is 3.63. The molecule has 1 aliphatic rings. The average Bonchev–Trinajstić information content (AvgIpc) is 3.19. The molecule has 6 nitrogen and oxygen atoms in total. The summed E-state index contributed by atoms with van der Waals surface area (Å²) in [7, 11) is 0. The third-order valence-corrected chi connectivity index (χ3v) is 5.17. The van der Waals surface area contributed by atoms with Crippen LogP contribution in [0.3, 0.4) is 0 Å². The van der Waals surface area contributed by atoms with Crippen LogP contribution in [0.1, 0.15) is 41.9 Å². The van der Waals surface area contributed by atoms with Crippen molar-refractivity contribution in [2.24, 2.45) is 0 Å². The molecule has 2 atom stereocenters. The fraction of sp³-hybridized carbons (Fsp3) is 0.286. The first-order valence-electron chi connectivity index (χ1n) is 9.15. The van der Waals surface area contributed by atoms with E-state index in [1.807, 2.05) is 19.1 Å². The minimum absolute atomic E-state index is 0.00361. The second-order valence-corrected chi connectivity index (χ2v) is 7.02. The molecule has 0 saturated carbocycles. The Balaban J connectivity index is 1.58. The van der Waals surface area contributed by atoms with Crippen LogP contribution >= 0.6 is 0 Å². The number of aromatic nitrogens is 2. The van der Waals surface area contributed by atoms with E-state index in [1.54, 1.807) is 24.5 Å². The number of carbonyl (C=O) groups is 1. The van der Waals surface area contributed by atoms with E-state index in [9.17, 15) is 14.3 Å². The van der Waals surface area contributed by atoms with E-state index in [0.717, 1.165) is 16.8 Å². The smallest absolute Gasteiger partial charge is 0.407 e.